The molecule has 3 atom stereocenters. The van der Waals surface area contributed by atoms with Crippen LogP contribution in [0.4, 0.5) is 0 Å². The Morgan fingerprint density at radius 3 is 2.78 bits per heavy atom. The maximum atomic E-state index is 6.35. The average Bonchev–Trinajstić information content (AvgIpc) is 2.42. The molecule has 1 aromatic rings. The van der Waals surface area contributed by atoms with Gasteiger partial charge >= 0.3 is 0 Å². The molecule has 0 bridgehead atoms. The van der Waals surface area contributed by atoms with E-state index in [1.807, 2.05) is 12.1 Å². The van der Waals surface area contributed by atoms with Gasteiger partial charge in [-0.15, -0.1) is 0 Å². The molecule has 0 amide bonds. The molecule has 1 N–H and O–H groups in total. The predicted octanol–water partition coefficient (Wildman–Crippen LogP) is 4.82. The van der Waals surface area contributed by atoms with Gasteiger partial charge in [0.15, 0.2) is 0 Å². The molecule has 2 rings (SSSR count). The Labute approximate surface area is 116 Å². The largest absolute Gasteiger partial charge is 0.313 e. The molecule has 100 valence electrons. The van der Waals surface area contributed by atoms with E-state index in [4.69, 9.17) is 11.6 Å². The average molecular weight is 266 g/mol. The maximum Gasteiger partial charge on any atom is 0.0453 e. The van der Waals surface area contributed by atoms with Crippen LogP contribution in [0.5, 0.6) is 0 Å². The van der Waals surface area contributed by atoms with Crippen LogP contribution in [0.15, 0.2) is 24.3 Å². The summed E-state index contributed by atoms with van der Waals surface area (Å²) in [6.45, 7) is 2.32. The van der Waals surface area contributed by atoms with Crippen LogP contribution in [-0.2, 0) is 0 Å². The fourth-order valence-corrected chi connectivity index (χ4v) is 3.63. The number of nitrogens with one attached hydrogen (secondary N) is 1. The Bertz CT molecular complexity index is 377. The topological polar surface area (TPSA) is 12.0 Å². The number of hydrogen-bond donors (Lipinski definition) is 1. The Morgan fingerprint density at radius 1 is 1.33 bits per heavy atom. The Morgan fingerprint density at radius 2 is 2.11 bits per heavy atom. The van der Waals surface area contributed by atoms with Crippen molar-refractivity contribution in [3.05, 3.63) is 34.9 Å². The molecule has 1 aliphatic carbocycles. The van der Waals surface area contributed by atoms with Crippen LogP contribution in [-0.4, -0.2) is 7.05 Å². The van der Waals surface area contributed by atoms with E-state index in [-0.39, 0.29) is 0 Å². The first-order valence-electron chi connectivity index (χ1n) is 7.18. The molecule has 1 aromatic carbocycles. The van der Waals surface area contributed by atoms with E-state index in [1.165, 1.54) is 37.7 Å². The second kappa shape index (κ2) is 6.58. The summed E-state index contributed by atoms with van der Waals surface area (Å²) in [6.07, 6.45) is 6.76. The lowest BCUT2D eigenvalue weighted by atomic mass is 9.75. The van der Waals surface area contributed by atoms with Gasteiger partial charge < -0.3 is 5.32 Å². The highest BCUT2D eigenvalue weighted by Gasteiger charge is 2.28. The van der Waals surface area contributed by atoms with Gasteiger partial charge in [-0.05, 0) is 43.4 Å². The van der Waals surface area contributed by atoms with Crippen molar-refractivity contribution >= 4 is 11.6 Å². The summed E-state index contributed by atoms with van der Waals surface area (Å²) in [6, 6.07) is 8.67. The second-order valence-corrected chi connectivity index (χ2v) is 5.90. The lowest BCUT2D eigenvalue weighted by Crippen LogP contribution is -2.29. The van der Waals surface area contributed by atoms with E-state index < -0.39 is 0 Å². The Balaban J connectivity index is 2.15. The van der Waals surface area contributed by atoms with E-state index in [0.717, 1.165) is 16.9 Å². The van der Waals surface area contributed by atoms with Crippen molar-refractivity contribution < 1.29 is 0 Å². The standard InChI is InChI=1S/C16H24ClN/c1-3-12-7-6-8-13(11-12)16(18-2)14-9-4-5-10-15(14)17/h4-5,9-10,12-13,16,18H,3,6-8,11H2,1-2H3. The van der Waals surface area contributed by atoms with Gasteiger partial charge in [0.25, 0.3) is 0 Å². The molecular formula is C16H24ClN. The fraction of sp³-hybridized carbons (Fsp3) is 0.625. The van der Waals surface area contributed by atoms with Gasteiger partial charge in [0.1, 0.15) is 0 Å². The van der Waals surface area contributed by atoms with Crippen molar-refractivity contribution in [2.75, 3.05) is 7.05 Å². The fourth-order valence-electron chi connectivity index (χ4n) is 3.38. The van der Waals surface area contributed by atoms with E-state index in [9.17, 15) is 0 Å². The molecular weight excluding hydrogens is 242 g/mol. The predicted molar refractivity (Wildman–Crippen MR) is 79.0 cm³/mol. The molecule has 1 saturated carbocycles. The summed E-state index contributed by atoms with van der Waals surface area (Å²) >= 11 is 6.35. The minimum atomic E-state index is 0.410. The van der Waals surface area contributed by atoms with Crippen LogP contribution >= 0.6 is 11.6 Å². The summed E-state index contributed by atoms with van der Waals surface area (Å²) in [5, 5.41) is 4.39. The smallest absolute Gasteiger partial charge is 0.0453 e. The van der Waals surface area contributed by atoms with E-state index >= 15 is 0 Å². The highest BCUT2D eigenvalue weighted by Crippen LogP contribution is 2.39. The lowest BCUT2D eigenvalue weighted by molar-refractivity contribution is 0.215. The number of hydrogen-bond acceptors (Lipinski definition) is 1. The summed E-state index contributed by atoms with van der Waals surface area (Å²) in [5.74, 6) is 1.63. The van der Waals surface area contributed by atoms with Crippen LogP contribution in [0.1, 0.15) is 50.6 Å². The van der Waals surface area contributed by atoms with Gasteiger partial charge in [0.05, 0.1) is 0 Å². The molecule has 1 nitrogen and oxygen atoms in total. The van der Waals surface area contributed by atoms with Crippen LogP contribution in [0, 0.1) is 11.8 Å². The van der Waals surface area contributed by atoms with Gasteiger partial charge in [0.2, 0.25) is 0 Å². The third-order valence-corrected chi connectivity index (χ3v) is 4.77. The molecule has 0 radical (unpaired) electrons. The van der Waals surface area contributed by atoms with Gasteiger partial charge in [-0.1, -0.05) is 56.0 Å². The van der Waals surface area contributed by atoms with E-state index in [2.05, 4.69) is 31.4 Å². The highest BCUT2D eigenvalue weighted by molar-refractivity contribution is 6.31. The SMILES string of the molecule is CCC1CCCC(C(NC)c2ccccc2Cl)C1. The lowest BCUT2D eigenvalue weighted by Gasteiger charge is -2.34. The third-order valence-electron chi connectivity index (χ3n) is 4.42. The van der Waals surface area contributed by atoms with Crippen molar-refractivity contribution in [2.24, 2.45) is 11.8 Å². The van der Waals surface area contributed by atoms with Crippen molar-refractivity contribution in [3.63, 3.8) is 0 Å². The van der Waals surface area contributed by atoms with Gasteiger partial charge in [-0.3, -0.25) is 0 Å². The third kappa shape index (κ3) is 3.07. The zero-order chi connectivity index (χ0) is 13.0. The van der Waals surface area contributed by atoms with Crippen LogP contribution in [0.3, 0.4) is 0 Å². The van der Waals surface area contributed by atoms with Crippen LogP contribution in [0.25, 0.3) is 0 Å². The summed E-state index contributed by atoms with van der Waals surface area (Å²) in [5.41, 5.74) is 1.27. The minimum absolute atomic E-state index is 0.410. The second-order valence-electron chi connectivity index (χ2n) is 5.49. The molecule has 1 fully saturated rings. The van der Waals surface area contributed by atoms with Gasteiger partial charge in [-0.2, -0.15) is 0 Å². The van der Waals surface area contributed by atoms with Crippen LogP contribution in [0.2, 0.25) is 5.02 Å². The van der Waals surface area contributed by atoms with Gasteiger partial charge in [-0.25, -0.2) is 0 Å². The van der Waals surface area contributed by atoms with E-state index in [0.29, 0.717) is 6.04 Å². The summed E-state index contributed by atoms with van der Waals surface area (Å²) < 4.78 is 0. The zero-order valence-electron chi connectivity index (χ0n) is 11.5. The van der Waals surface area contributed by atoms with Crippen molar-refractivity contribution in [2.45, 2.75) is 45.1 Å². The van der Waals surface area contributed by atoms with Crippen molar-refractivity contribution in [3.8, 4) is 0 Å². The molecule has 0 aromatic heterocycles. The molecule has 0 spiro atoms. The maximum absolute atomic E-state index is 6.35. The van der Waals surface area contributed by atoms with Crippen molar-refractivity contribution in [1.82, 2.24) is 5.32 Å². The number of halogens is 1. The molecule has 0 aliphatic heterocycles. The first kappa shape index (κ1) is 13.9. The molecule has 0 heterocycles. The molecule has 3 unspecified atom stereocenters. The first-order valence-corrected chi connectivity index (χ1v) is 7.55. The Kier molecular flexibility index (Phi) is 5.08. The minimum Gasteiger partial charge on any atom is -0.313 e. The zero-order valence-corrected chi connectivity index (χ0v) is 12.2. The normalized spacial score (nSPS) is 25.9. The highest BCUT2D eigenvalue weighted by atomic mass is 35.5. The Hall–Kier alpha value is -0.530. The monoisotopic (exact) mass is 265 g/mol. The molecule has 0 saturated heterocycles. The molecule has 2 heteroatoms. The first-order chi connectivity index (χ1) is 8.76. The number of benzene rings is 1. The molecule has 18 heavy (non-hydrogen) atoms. The summed E-state index contributed by atoms with van der Waals surface area (Å²) in [7, 11) is 2.06. The van der Waals surface area contributed by atoms with Crippen LogP contribution < -0.4 is 5.32 Å². The van der Waals surface area contributed by atoms with Crippen molar-refractivity contribution in [1.29, 1.82) is 0 Å². The quantitative estimate of drug-likeness (QED) is 0.823. The van der Waals surface area contributed by atoms with Gasteiger partial charge in [0, 0.05) is 11.1 Å². The van der Waals surface area contributed by atoms with E-state index in [1.54, 1.807) is 0 Å². The molecule has 1 aliphatic rings. The number of rotatable bonds is 4. The summed E-state index contributed by atoms with van der Waals surface area (Å²) in [4.78, 5) is 0.